The molecule has 2 fully saturated rings. The minimum absolute atomic E-state index is 0.00285. The highest BCUT2D eigenvalue weighted by Gasteiger charge is 2.53. The van der Waals surface area contributed by atoms with Crippen molar-refractivity contribution in [3.8, 4) is 0 Å². The Morgan fingerprint density at radius 3 is 2.32 bits per heavy atom. The fourth-order valence-corrected chi connectivity index (χ4v) is 7.76. The lowest BCUT2D eigenvalue weighted by Crippen LogP contribution is -2.66. The van der Waals surface area contributed by atoms with Gasteiger partial charge in [-0.25, -0.2) is 0 Å². The van der Waals surface area contributed by atoms with Crippen LogP contribution in [-0.4, -0.2) is 151 Å². The third-order valence-electron chi connectivity index (χ3n) is 10.7. The van der Waals surface area contributed by atoms with Crippen LogP contribution in [0.2, 0.25) is 0 Å². The van der Waals surface area contributed by atoms with Gasteiger partial charge in [0.15, 0.2) is 12.6 Å². The Kier molecular flexibility index (Phi) is 18.5. The van der Waals surface area contributed by atoms with Crippen molar-refractivity contribution in [3.05, 3.63) is 24.3 Å². The van der Waals surface area contributed by atoms with E-state index in [4.69, 9.17) is 37.9 Å². The zero-order valence-electron chi connectivity index (χ0n) is 34.5. The number of allylic oxidation sites excluding steroid dienone is 2. The molecule has 56 heavy (non-hydrogen) atoms. The number of cyclic esters (lactones) is 1. The SMILES string of the molecule is CCC(=O)O[C@]1(C)C[C@H](O[C@H]2[C@H](N(C)C)[C@@H](O)C(O[C@H]3[C@@H](CC=O)C[C@@H](C)[C@@H](O)/C=C/C=C/C[C@@H](C)OC(=O)C[C@@H](OC(C)=O)[C@@H]3OC)O[C@@H]2C)O[C@@H](C)[C@@H]1O. The molecule has 16 atom stereocenters. The lowest BCUT2D eigenvalue weighted by molar-refractivity contribution is -0.344. The predicted molar refractivity (Wildman–Crippen MR) is 201 cm³/mol. The fraction of sp³-hybridized carbons (Fsp3) is 0.800. The summed E-state index contributed by atoms with van der Waals surface area (Å²) in [5, 5.41) is 34.0. The quantitative estimate of drug-likeness (QED) is 0.156. The van der Waals surface area contributed by atoms with Gasteiger partial charge in [0.05, 0.1) is 36.9 Å². The third kappa shape index (κ3) is 12.9. The van der Waals surface area contributed by atoms with Crippen LogP contribution in [0.15, 0.2) is 24.3 Å². The first-order chi connectivity index (χ1) is 26.3. The van der Waals surface area contributed by atoms with Gasteiger partial charge in [0, 0.05) is 39.7 Å². The first-order valence-electron chi connectivity index (χ1n) is 19.6. The van der Waals surface area contributed by atoms with Gasteiger partial charge in [-0.2, -0.15) is 0 Å². The van der Waals surface area contributed by atoms with E-state index < -0.39 is 121 Å². The maximum Gasteiger partial charge on any atom is 0.309 e. The molecule has 16 heteroatoms. The van der Waals surface area contributed by atoms with Gasteiger partial charge in [-0.1, -0.05) is 38.2 Å². The molecule has 320 valence electrons. The van der Waals surface area contributed by atoms with E-state index in [0.717, 1.165) is 0 Å². The Hall–Kier alpha value is -2.80. The molecule has 16 nitrogen and oxygen atoms in total. The number of carbonyl (C=O) groups is 4. The molecule has 0 bridgehead atoms. The van der Waals surface area contributed by atoms with Crippen LogP contribution < -0.4 is 0 Å². The molecule has 0 radical (unpaired) electrons. The lowest BCUT2D eigenvalue weighted by Gasteiger charge is -2.50. The highest BCUT2D eigenvalue weighted by Crippen LogP contribution is 2.38. The summed E-state index contributed by atoms with van der Waals surface area (Å²) in [6, 6.07) is -0.782. The topological polar surface area (TPSA) is 206 Å². The number of aliphatic hydroxyl groups excluding tert-OH is 3. The third-order valence-corrected chi connectivity index (χ3v) is 10.7. The number of hydrogen-bond acceptors (Lipinski definition) is 16. The van der Waals surface area contributed by atoms with E-state index in [2.05, 4.69) is 0 Å². The Balaban J connectivity index is 2.02. The van der Waals surface area contributed by atoms with Gasteiger partial charge < -0.3 is 62.9 Å². The number of carbonyl (C=O) groups excluding carboxylic acids is 4. The summed E-state index contributed by atoms with van der Waals surface area (Å²) in [5.41, 5.74) is -1.31. The van der Waals surface area contributed by atoms with Crippen molar-refractivity contribution in [3.63, 3.8) is 0 Å². The van der Waals surface area contributed by atoms with E-state index in [1.54, 1.807) is 77.9 Å². The van der Waals surface area contributed by atoms with Crippen molar-refractivity contribution in [2.45, 2.75) is 172 Å². The second-order valence-corrected chi connectivity index (χ2v) is 15.7. The summed E-state index contributed by atoms with van der Waals surface area (Å²) in [4.78, 5) is 52.0. The number of methoxy groups -OCH3 is 1. The summed E-state index contributed by atoms with van der Waals surface area (Å²) >= 11 is 0. The summed E-state index contributed by atoms with van der Waals surface area (Å²) in [7, 11) is 4.85. The summed E-state index contributed by atoms with van der Waals surface area (Å²) in [6.07, 6.45) is -4.34. The van der Waals surface area contributed by atoms with E-state index in [-0.39, 0.29) is 25.7 Å². The van der Waals surface area contributed by atoms with Crippen molar-refractivity contribution >= 4 is 24.2 Å². The molecule has 0 amide bonds. The Morgan fingerprint density at radius 1 is 1.02 bits per heavy atom. The van der Waals surface area contributed by atoms with Gasteiger partial charge in [-0.3, -0.25) is 14.4 Å². The molecule has 1 unspecified atom stereocenters. The molecule has 3 aliphatic rings. The molecule has 3 rings (SSSR count). The zero-order valence-corrected chi connectivity index (χ0v) is 34.5. The lowest BCUT2D eigenvalue weighted by atomic mass is 9.82. The van der Waals surface area contributed by atoms with Crippen LogP contribution in [0.1, 0.15) is 87.0 Å². The van der Waals surface area contributed by atoms with Gasteiger partial charge in [0.1, 0.15) is 48.5 Å². The molecule has 3 heterocycles. The summed E-state index contributed by atoms with van der Waals surface area (Å²) < 4.78 is 48.4. The monoisotopic (exact) mass is 799 g/mol. The van der Waals surface area contributed by atoms with Gasteiger partial charge in [-0.05, 0) is 60.0 Å². The van der Waals surface area contributed by atoms with Crippen molar-refractivity contribution in [1.29, 1.82) is 0 Å². The maximum atomic E-state index is 13.2. The molecule has 0 saturated carbocycles. The second kappa shape index (κ2) is 21.8. The molecule has 2 saturated heterocycles. The summed E-state index contributed by atoms with van der Waals surface area (Å²) in [5.74, 6) is -2.94. The van der Waals surface area contributed by atoms with Crippen molar-refractivity contribution in [2.24, 2.45) is 11.8 Å². The molecule has 3 N–H and O–H groups in total. The number of aliphatic hydroxyl groups is 3. The van der Waals surface area contributed by atoms with Crippen LogP contribution in [0, 0.1) is 11.8 Å². The Morgan fingerprint density at radius 2 is 1.71 bits per heavy atom. The van der Waals surface area contributed by atoms with Gasteiger partial charge in [0.25, 0.3) is 0 Å². The first-order valence-corrected chi connectivity index (χ1v) is 19.6. The normalized spacial score (nSPS) is 41.6. The van der Waals surface area contributed by atoms with Crippen LogP contribution in [-0.2, 0) is 57.1 Å². The minimum atomic E-state index is -1.40. The standard InChI is InChI=1S/C40H65NO15/c1-11-30(45)56-40(7)21-32(51-25(5)38(40)48)54-35-24(4)52-39(34(47)33(35)41(8)9)55-36-27(17-18-42)19-22(2)28(44)16-14-12-13-15-23(3)50-31(46)20-29(37(36)49-10)53-26(6)43/h12-14,16,18,22-25,27-29,32-39,44,47-48H,11,15,17,19-21H2,1-10H3/b13-12+,16-14+/t22-,23-,24-,25+,27+,28+,29-,32+,33-,34-,35-,36+,37+,38+,39?,40-/m1/s1. The van der Waals surface area contributed by atoms with Crippen LogP contribution in [0.25, 0.3) is 0 Å². The molecule has 3 aliphatic heterocycles. The van der Waals surface area contributed by atoms with Crippen LogP contribution >= 0.6 is 0 Å². The van der Waals surface area contributed by atoms with E-state index >= 15 is 0 Å². The van der Waals surface area contributed by atoms with E-state index in [1.165, 1.54) is 14.0 Å². The number of esters is 3. The number of hydrogen-bond donors (Lipinski definition) is 3. The maximum absolute atomic E-state index is 13.2. The molecule has 0 aromatic carbocycles. The van der Waals surface area contributed by atoms with Gasteiger partial charge in [0.2, 0.25) is 0 Å². The minimum Gasteiger partial charge on any atom is -0.462 e. The van der Waals surface area contributed by atoms with E-state index in [9.17, 15) is 34.5 Å². The average molecular weight is 800 g/mol. The van der Waals surface area contributed by atoms with Crippen molar-refractivity contribution in [1.82, 2.24) is 4.90 Å². The molecule has 0 spiro atoms. The number of nitrogens with zero attached hydrogens (tertiary/aromatic N) is 1. The van der Waals surface area contributed by atoms with Crippen LogP contribution in [0.5, 0.6) is 0 Å². The molecule has 0 aromatic rings. The predicted octanol–water partition coefficient (Wildman–Crippen LogP) is 2.38. The first kappa shape index (κ1) is 47.6. The molecule has 0 aromatic heterocycles. The van der Waals surface area contributed by atoms with Gasteiger partial charge >= 0.3 is 17.9 Å². The van der Waals surface area contributed by atoms with Gasteiger partial charge in [-0.15, -0.1) is 0 Å². The summed E-state index contributed by atoms with van der Waals surface area (Å²) in [6.45, 7) is 11.4. The van der Waals surface area contributed by atoms with E-state index in [1.807, 2.05) is 6.92 Å². The molecular formula is C40H65NO15. The largest absolute Gasteiger partial charge is 0.462 e. The fourth-order valence-electron chi connectivity index (χ4n) is 7.76. The molecular weight excluding hydrogens is 734 g/mol. The Labute approximate surface area is 330 Å². The molecule has 0 aliphatic carbocycles. The second-order valence-electron chi connectivity index (χ2n) is 15.7. The smallest absolute Gasteiger partial charge is 0.309 e. The average Bonchev–Trinajstić information content (AvgIpc) is 3.10. The van der Waals surface area contributed by atoms with E-state index in [0.29, 0.717) is 12.7 Å². The number of ether oxygens (including phenoxy) is 8. The van der Waals surface area contributed by atoms with Crippen molar-refractivity contribution in [2.75, 3.05) is 21.2 Å². The number of aldehydes is 1. The van der Waals surface area contributed by atoms with Crippen molar-refractivity contribution < 1.29 is 72.4 Å². The highest BCUT2D eigenvalue weighted by molar-refractivity contribution is 5.72. The number of likely N-dealkylation sites (N-methyl/N-ethyl adjacent to an activating group) is 1. The highest BCUT2D eigenvalue weighted by atomic mass is 16.7. The zero-order chi connectivity index (χ0) is 41.9. The number of rotatable bonds is 11. The van der Waals surface area contributed by atoms with Crippen LogP contribution in [0.4, 0.5) is 0 Å². The van der Waals surface area contributed by atoms with Crippen LogP contribution in [0.3, 0.4) is 0 Å². The Bertz CT molecular complexity index is 1340.